The maximum Gasteiger partial charge on any atom is 0.205 e. The number of aromatic nitrogens is 5. The first-order chi connectivity index (χ1) is 9.78. The van der Waals surface area contributed by atoms with Crippen molar-refractivity contribution in [2.45, 2.75) is 12.3 Å². The van der Waals surface area contributed by atoms with Crippen molar-refractivity contribution in [2.75, 3.05) is 0 Å². The molecule has 2 heterocycles. The van der Waals surface area contributed by atoms with Gasteiger partial charge in [0.25, 0.3) is 0 Å². The quantitative estimate of drug-likeness (QED) is 0.693. The summed E-state index contributed by atoms with van der Waals surface area (Å²) in [5.41, 5.74) is 3.07. The Morgan fingerprint density at radius 3 is 2.70 bits per heavy atom. The van der Waals surface area contributed by atoms with Crippen LogP contribution in [0.5, 0.6) is 0 Å². The highest BCUT2D eigenvalue weighted by Gasteiger charge is 2.10. The van der Waals surface area contributed by atoms with Gasteiger partial charge in [0.1, 0.15) is 0 Å². The summed E-state index contributed by atoms with van der Waals surface area (Å²) in [4.78, 5) is 5.86. The summed E-state index contributed by atoms with van der Waals surface area (Å²) < 4.78 is 0. The van der Waals surface area contributed by atoms with Crippen LogP contribution in [0.2, 0.25) is 0 Å². The molecule has 3 rings (SSSR count). The van der Waals surface area contributed by atoms with Gasteiger partial charge in [0.05, 0.1) is 0 Å². The van der Waals surface area contributed by atoms with Crippen molar-refractivity contribution in [3.63, 3.8) is 0 Å². The van der Waals surface area contributed by atoms with Crippen LogP contribution in [0, 0.1) is 6.92 Å². The molecule has 3 aromatic rings. The third-order valence-electron chi connectivity index (χ3n) is 2.90. The Morgan fingerprint density at radius 1 is 1.20 bits per heavy atom. The van der Waals surface area contributed by atoms with E-state index in [4.69, 9.17) is 0 Å². The molecule has 0 aliphatic carbocycles. The zero-order valence-corrected chi connectivity index (χ0v) is 12.4. The SMILES string of the molecule is Cc1cc(CBr)cnc1-n1nnc(-c2ccccc2)n1. The minimum absolute atomic E-state index is 0.594. The standard InChI is InChI=1S/C14H12BrN5/c1-10-7-11(8-15)9-16-14(10)20-18-13(17-19-20)12-5-3-2-4-6-12/h2-7,9H,8H2,1H3. The normalized spacial score (nSPS) is 10.7. The number of pyridine rings is 1. The van der Waals surface area contributed by atoms with E-state index in [1.165, 1.54) is 4.80 Å². The Hall–Kier alpha value is -2.08. The lowest BCUT2D eigenvalue weighted by Crippen LogP contribution is -2.05. The molecular formula is C14H12BrN5. The number of tetrazole rings is 1. The highest BCUT2D eigenvalue weighted by molar-refractivity contribution is 9.08. The van der Waals surface area contributed by atoms with Crippen LogP contribution in [0.3, 0.4) is 0 Å². The number of halogens is 1. The zero-order chi connectivity index (χ0) is 13.9. The summed E-state index contributed by atoms with van der Waals surface area (Å²) in [5, 5.41) is 13.3. The molecule has 0 saturated heterocycles. The maximum absolute atomic E-state index is 4.39. The molecule has 0 aliphatic heterocycles. The first-order valence-electron chi connectivity index (χ1n) is 6.15. The molecule has 100 valence electrons. The van der Waals surface area contributed by atoms with E-state index in [2.05, 4.69) is 42.4 Å². The highest BCUT2D eigenvalue weighted by atomic mass is 79.9. The Morgan fingerprint density at radius 2 is 2.00 bits per heavy atom. The fourth-order valence-electron chi connectivity index (χ4n) is 1.92. The minimum atomic E-state index is 0.594. The molecule has 0 saturated carbocycles. The largest absolute Gasteiger partial charge is 0.235 e. The van der Waals surface area contributed by atoms with Gasteiger partial charge in [-0.05, 0) is 29.3 Å². The minimum Gasteiger partial charge on any atom is -0.235 e. The van der Waals surface area contributed by atoms with Crippen molar-refractivity contribution in [1.29, 1.82) is 0 Å². The first-order valence-corrected chi connectivity index (χ1v) is 7.27. The fourth-order valence-corrected chi connectivity index (χ4v) is 2.22. The van der Waals surface area contributed by atoms with Crippen LogP contribution in [0.4, 0.5) is 0 Å². The number of nitrogens with zero attached hydrogens (tertiary/aromatic N) is 5. The lowest BCUT2D eigenvalue weighted by Gasteiger charge is -2.03. The zero-order valence-electron chi connectivity index (χ0n) is 10.9. The van der Waals surface area contributed by atoms with Crippen molar-refractivity contribution in [3.05, 3.63) is 53.7 Å². The van der Waals surface area contributed by atoms with E-state index in [0.717, 1.165) is 22.0 Å². The second kappa shape index (κ2) is 5.50. The van der Waals surface area contributed by atoms with Crippen molar-refractivity contribution < 1.29 is 0 Å². The number of rotatable bonds is 3. The van der Waals surface area contributed by atoms with Crippen molar-refractivity contribution in [1.82, 2.24) is 25.2 Å². The molecule has 5 nitrogen and oxygen atoms in total. The summed E-state index contributed by atoms with van der Waals surface area (Å²) >= 11 is 3.42. The number of aryl methyl sites for hydroxylation is 1. The van der Waals surface area contributed by atoms with Gasteiger partial charge >= 0.3 is 0 Å². The summed E-state index contributed by atoms with van der Waals surface area (Å²) in [5.74, 6) is 1.29. The molecule has 6 heteroatoms. The summed E-state index contributed by atoms with van der Waals surface area (Å²) in [7, 11) is 0. The molecule has 0 radical (unpaired) electrons. The molecule has 0 amide bonds. The molecule has 0 unspecified atom stereocenters. The topological polar surface area (TPSA) is 56.5 Å². The van der Waals surface area contributed by atoms with E-state index >= 15 is 0 Å². The van der Waals surface area contributed by atoms with Crippen molar-refractivity contribution in [3.8, 4) is 17.2 Å². The Labute approximate surface area is 124 Å². The van der Waals surface area contributed by atoms with Gasteiger partial charge in [-0.1, -0.05) is 46.3 Å². The van der Waals surface area contributed by atoms with Gasteiger partial charge in [0, 0.05) is 17.1 Å². The Bertz CT molecular complexity index is 723. The molecule has 0 aliphatic rings. The fraction of sp³-hybridized carbons (Fsp3) is 0.143. The smallest absolute Gasteiger partial charge is 0.205 e. The third kappa shape index (κ3) is 2.46. The van der Waals surface area contributed by atoms with E-state index in [9.17, 15) is 0 Å². The van der Waals surface area contributed by atoms with Gasteiger partial charge in [-0.15, -0.1) is 15.0 Å². The number of hydrogen-bond donors (Lipinski definition) is 0. The van der Waals surface area contributed by atoms with Gasteiger partial charge in [-0.3, -0.25) is 0 Å². The Balaban J connectivity index is 1.98. The molecule has 0 N–H and O–H groups in total. The molecule has 20 heavy (non-hydrogen) atoms. The summed E-state index contributed by atoms with van der Waals surface area (Å²) in [6.07, 6.45) is 1.81. The van der Waals surface area contributed by atoms with Crippen LogP contribution < -0.4 is 0 Å². The number of benzene rings is 1. The molecule has 0 atom stereocenters. The van der Waals surface area contributed by atoms with Gasteiger partial charge in [0.2, 0.25) is 5.82 Å². The summed E-state index contributed by atoms with van der Waals surface area (Å²) in [6, 6.07) is 11.8. The molecular weight excluding hydrogens is 318 g/mol. The predicted octanol–water partition coefficient (Wildman–Crippen LogP) is 2.93. The number of hydrogen-bond acceptors (Lipinski definition) is 4. The van der Waals surface area contributed by atoms with Crippen LogP contribution in [0.1, 0.15) is 11.1 Å². The molecule has 0 spiro atoms. The van der Waals surface area contributed by atoms with E-state index in [0.29, 0.717) is 11.6 Å². The van der Waals surface area contributed by atoms with Crippen LogP contribution in [0.25, 0.3) is 17.2 Å². The van der Waals surface area contributed by atoms with Gasteiger partial charge in [-0.25, -0.2) is 4.98 Å². The average Bonchev–Trinajstić information content (AvgIpc) is 2.97. The lowest BCUT2D eigenvalue weighted by molar-refractivity contribution is 0.695. The summed E-state index contributed by atoms with van der Waals surface area (Å²) in [6.45, 7) is 1.99. The monoisotopic (exact) mass is 329 g/mol. The van der Waals surface area contributed by atoms with E-state index < -0.39 is 0 Å². The van der Waals surface area contributed by atoms with Crippen LogP contribution in [-0.4, -0.2) is 25.2 Å². The lowest BCUT2D eigenvalue weighted by atomic mass is 10.2. The first kappa shape index (κ1) is 12.9. The highest BCUT2D eigenvalue weighted by Crippen LogP contribution is 2.16. The maximum atomic E-state index is 4.39. The van der Waals surface area contributed by atoms with Crippen molar-refractivity contribution >= 4 is 15.9 Å². The molecule has 1 aromatic carbocycles. The van der Waals surface area contributed by atoms with E-state index in [1.807, 2.05) is 43.5 Å². The third-order valence-corrected chi connectivity index (χ3v) is 3.54. The van der Waals surface area contributed by atoms with Gasteiger partial charge < -0.3 is 0 Å². The average molecular weight is 330 g/mol. The molecule has 0 bridgehead atoms. The van der Waals surface area contributed by atoms with Gasteiger partial charge in [0.15, 0.2) is 5.82 Å². The van der Waals surface area contributed by atoms with Crippen LogP contribution >= 0.6 is 15.9 Å². The Kier molecular flexibility index (Phi) is 3.56. The molecule has 0 fully saturated rings. The number of alkyl halides is 1. The second-order valence-corrected chi connectivity index (χ2v) is 4.95. The van der Waals surface area contributed by atoms with Gasteiger partial charge in [-0.2, -0.15) is 0 Å². The predicted molar refractivity (Wildman–Crippen MR) is 79.8 cm³/mol. The van der Waals surface area contributed by atoms with E-state index in [-0.39, 0.29) is 0 Å². The second-order valence-electron chi connectivity index (χ2n) is 4.39. The van der Waals surface area contributed by atoms with Crippen LogP contribution in [0.15, 0.2) is 42.6 Å². The van der Waals surface area contributed by atoms with Crippen molar-refractivity contribution in [2.24, 2.45) is 0 Å². The van der Waals surface area contributed by atoms with Crippen LogP contribution in [-0.2, 0) is 5.33 Å². The van der Waals surface area contributed by atoms with E-state index in [1.54, 1.807) is 0 Å². The molecule has 2 aromatic heterocycles.